The Balaban J connectivity index is 2.96. The van der Waals surface area contributed by atoms with Crippen LogP contribution in [0.5, 0.6) is 0 Å². The molecule has 0 amide bonds. The summed E-state index contributed by atoms with van der Waals surface area (Å²) in [7, 11) is -3.62. The summed E-state index contributed by atoms with van der Waals surface area (Å²) in [5.41, 5.74) is 1.22. The van der Waals surface area contributed by atoms with Gasteiger partial charge in [-0.05, 0) is 24.6 Å². The maximum Gasteiger partial charge on any atom is 0.246 e. The number of sulfonamides is 1. The minimum atomic E-state index is -3.62. The summed E-state index contributed by atoms with van der Waals surface area (Å²) in [4.78, 5) is 0. The smallest absolute Gasteiger partial charge is 0.246 e. The van der Waals surface area contributed by atoms with Crippen LogP contribution in [0, 0.1) is 18.3 Å². The predicted octanol–water partition coefficient (Wildman–Crippen LogP) is 1.91. The van der Waals surface area contributed by atoms with E-state index in [9.17, 15) is 8.42 Å². The van der Waals surface area contributed by atoms with Gasteiger partial charge in [0.1, 0.15) is 0 Å². The van der Waals surface area contributed by atoms with Gasteiger partial charge in [-0.15, -0.1) is 0 Å². The van der Waals surface area contributed by atoms with Gasteiger partial charge in [-0.2, -0.15) is 5.26 Å². The Morgan fingerprint density at radius 3 is 2.73 bits per heavy atom. The van der Waals surface area contributed by atoms with Crippen molar-refractivity contribution in [1.82, 2.24) is 0 Å². The van der Waals surface area contributed by atoms with Crippen LogP contribution in [0.1, 0.15) is 5.56 Å². The van der Waals surface area contributed by atoms with Crippen molar-refractivity contribution in [3.8, 4) is 6.07 Å². The van der Waals surface area contributed by atoms with Crippen LogP contribution >= 0.6 is 11.6 Å². The lowest BCUT2D eigenvalue weighted by molar-refractivity contribution is 0.604. The Bertz CT molecular complexity index is 505. The van der Waals surface area contributed by atoms with Gasteiger partial charge in [-0.25, -0.2) is 8.42 Å². The van der Waals surface area contributed by atoms with Crippen LogP contribution in [0.15, 0.2) is 18.2 Å². The van der Waals surface area contributed by atoms with E-state index in [0.717, 1.165) is 5.56 Å². The molecule has 80 valence electrons. The van der Waals surface area contributed by atoms with Crippen molar-refractivity contribution in [3.05, 3.63) is 28.8 Å². The molecule has 0 aliphatic heterocycles. The number of aryl methyl sites for hydroxylation is 1. The molecule has 0 radical (unpaired) electrons. The molecule has 1 aromatic carbocycles. The third-order valence-electron chi connectivity index (χ3n) is 1.64. The van der Waals surface area contributed by atoms with Gasteiger partial charge in [0.05, 0.1) is 16.8 Å². The van der Waals surface area contributed by atoms with E-state index in [1.807, 2.05) is 6.92 Å². The fourth-order valence-corrected chi connectivity index (χ4v) is 2.09. The summed E-state index contributed by atoms with van der Waals surface area (Å²) in [5.74, 6) is -0.586. The number of benzene rings is 1. The number of nitrogens with zero attached hydrogens (tertiary/aromatic N) is 1. The molecule has 1 N–H and O–H groups in total. The Labute approximate surface area is 93.5 Å². The first kappa shape index (κ1) is 11.8. The molecule has 0 atom stereocenters. The molecule has 0 aliphatic rings. The zero-order chi connectivity index (χ0) is 11.5. The first-order valence-corrected chi connectivity index (χ1v) is 6.11. The van der Waals surface area contributed by atoms with Gasteiger partial charge in [-0.3, -0.25) is 4.72 Å². The van der Waals surface area contributed by atoms with E-state index in [2.05, 4.69) is 4.72 Å². The summed E-state index contributed by atoms with van der Waals surface area (Å²) >= 11 is 5.83. The number of nitrogens with one attached hydrogen (secondary N) is 1. The molecule has 1 rings (SSSR count). The Morgan fingerprint density at radius 2 is 2.20 bits per heavy atom. The molecule has 0 aromatic heterocycles. The zero-order valence-electron chi connectivity index (χ0n) is 7.99. The fraction of sp³-hybridized carbons (Fsp3) is 0.222. The van der Waals surface area contributed by atoms with Crippen molar-refractivity contribution in [2.24, 2.45) is 0 Å². The van der Waals surface area contributed by atoms with Gasteiger partial charge in [0.2, 0.25) is 10.0 Å². The highest BCUT2D eigenvalue weighted by atomic mass is 35.5. The number of hydrogen-bond donors (Lipinski definition) is 1. The predicted molar refractivity (Wildman–Crippen MR) is 59.2 cm³/mol. The minimum absolute atomic E-state index is 0.289. The molecule has 1 aromatic rings. The van der Waals surface area contributed by atoms with Gasteiger partial charge in [0.15, 0.2) is 5.75 Å². The molecule has 0 saturated heterocycles. The Hall–Kier alpha value is -1.25. The van der Waals surface area contributed by atoms with Crippen LogP contribution in [0.2, 0.25) is 5.02 Å². The van der Waals surface area contributed by atoms with Crippen LogP contribution < -0.4 is 4.72 Å². The quantitative estimate of drug-likeness (QED) is 0.883. The summed E-state index contributed by atoms with van der Waals surface area (Å²) in [6, 6.07) is 6.50. The summed E-state index contributed by atoms with van der Waals surface area (Å²) < 4.78 is 24.7. The monoisotopic (exact) mass is 244 g/mol. The SMILES string of the molecule is Cc1ccc(NS(=O)(=O)CC#N)c(Cl)c1. The van der Waals surface area contributed by atoms with Crippen molar-refractivity contribution >= 4 is 27.3 Å². The van der Waals surface area contributed by atoms with E-state index in [4.69, 9.17) is 16.9 Å². The second-order valence-electron chi connectivity index (χ2n) is 3.00. The number of anilines is 1. The number of rotatable bonds is 3. The van der Waals surface area contributed by atoms with Crippen LogP contribution in [0.25, 0.3) is 0 Å². The highest BCUT2D eigenvalue weighted by molar-refractivity contribution is 7.92. The maximum atomic E-state index is 11.2. The molecule has 0 spiro atoms. The molecule has 0 unspecified atom stereocenters. The van der Waals surface area contributed by atoms with Gasteiger partial charge in [0.25, 0.3) is 0 Å². The van der Waals surface area contributed by atoms with E-state index >= 15 is 0 Å². The van der Waals surface area contributed by atoms with Crippen LogP contribution in [-0.4, -0.2) is 14.2 Å². The number of halogens is 1. The van der Waals surface area contributed by atoms with Crippen LogP contribution in [0.3, 0.4) is 0 Å². The Morgan fingerprint density at radius 1 is 1.53 bits per heavy atom. The first-order chi connectivity index (χ1) is 6.94. The second kappa shape index (κ2) is 4.51. The van der Waals surface area contributed by atoms with E-state index in [1.54, 1.807) is 24.3 Å². The topological polar surface area (TPSA) is 70.0 Å². The molecule has 0 fully saturated rings. The van der Waals surface area contributed by atoms with Crippen LogP contribution in [0.4, 0.5) is 5.69 Å². The van der Waals surface area contributed by atoms with Gasteiger partial charge >= 0.3 is 0 Å². The lowest BCUT2D eigenvalue weighted by atomic mass is 10.2. The largest absolute Gasteiger partial charge is 0.281 e. The average Bonchev–Trinajstić information content (AvgIpc) is 2.09. The van der Waals surface area contributed by atoms with E-state index in [-0.39, 0.29) is 5.69 Å². The van der Waals surface area contributed by atoms with Crippen molar-refractivity contribution in [2.75, 3.05) is 10.5 Å². The molecule has 0 aliphatic carbocycles. The van der Waals surface area contributed by atoms with Gasteiger partial charge < -0.3 is 0 Å². The van der Waals surface area contributed by atoms with Crippen molar-refractivity contribution < 1.29 is 8.42 Å². The Kier molecular flexibility index (Phi) is 3.56. The van der Waals surface area contributed by atoms with Crippen molar-refractivity contribution in [2.45, 2.75) is 6.92 Å². The second-order valence-corrected chi connectivity index (χ2v) is 5.13. The number of nitriles is 1. The van der Waals surface area contributed by atoms with E-state index in [1.165, 1.54) is 0 Å². The molecule has 6 heteroatoms. The maximum absolute atomic E-state index is 11.2. The van der Waals surface area contributed by atoms with Crippen molar-refractivity contribution in [3.63, 3.8) is 0 Å². The molecular weight excluding hydrogens is 236 g/mol. The summed E-state index contributed by atoms with van der Waals surface area (Å²) in [6.45, 7) is 1.85. The summed E-state index contributed by atoms with van der Waals surface area (Å²) in [6.07, 6.45) is 0. The molecule has 0 saturated carbocycles. The first-order valence-electron chi connectivity index (χ1n) is 4.08. The standard InChI is InChI=1S/C9H9ClN2O2S/c1-7-2-3-9(8(10)6-7)12-15(13,14)5-4-11/h2-3,6,12H,5H2,1H3. The minimum Gasteiger partial charge on any atom is -0.281 e. The van der Waals surface area contributed by atoms with E-state index in [0.29, 0.717) is 5.02 Å². The molecular formula is C9H9ClN2O2S. The molecule has 0 heterocycles. The zero-order valence-corrected chi connectivity index (χ0v) is 9.56. The molecule has 0 bridgehead atoms. The van der Waals surface area contributed by atoms with E-state index < -0.39 is 15.8 Å². The highest BCUT2D eigenvalue weighted by Gasteiger charge is 2.11. The molecule has 4 nitrogen and oxygen atoms in total. The number of hydrogen-bond acceptors (Lipinski definition) is 3. The third-order valence-corrected chi connectivity index (χ3v) is 3.00. The highest BCUT2D eigenvalue weighted by Crippen LogP contribution is 2.23. The van der Waals surface area contributed by atoms with Crippen molar-refractivity contribution in [1.29, 1.82) is 5.26 Å². The average molecular weight is 245 g/mol. The molecule has 15 heavy (non-hydrogen) atoms. The lowest BCUT2D eigenvalue weighted by Gasteiger charge is -2.07. The third kappa shape index (κ3) is 3.42. The van der Waals surface area contributed by atoms with Gasteiger partial charge in [0, 0.05) is 0 Å². The lowest BCUT2D eigenvalue weighted by Crippen LogP contribution is -2.15. The van der Waals surface area contributed by atoms with Gasteiger partial charge in [-0.1, -0.05) is 17.7 Å². The summed E-state index contributed by atoms with van der Waals surface area (Å²) in [5, 5.41) is 8.61. The van der Waals surface area contributed by atoms with Crippen LogP contribution in [-0.2, 0) is 10.0 Å². The fourth-order valence-electron chi connectivity index (χ4n) is 0.992. The normalized spacial score (nSPS) is 10.7.